The lowest BCUT2D eigenvalue weighted by molar-refractivity contribution is -0.385. The van der Waals surface area contributed by atoms with Gasteiger partial charge in [-0.25, -0.2) is 4.79 Å². The van der Waals surface area contributed by atoms with Gasteiger partial charge >= 0.3 is 5.97 Å². The minimum atomic E-state index is -1.25. The van der Waals surface area contributed by atoms with E-state index in [2.05, 4.69) is 0 Å². The van der Waals surface area contributed by atoms with E-state index in [0.29, 0.717) is 0 Å². The highest BCUT2D eigenvalue weighted by Crippen LogP contribution is 2.23. The molecule has 1 N–H and O–H groups in total. The lowest BCUT2D eigenvalue weighted by atomic mass is 10.0. The number of benzene rings is 1. The average Bonchev–Trinajstić information content (AvgIpc) is 2.34. The maximum atomic E-state index is 10.7. The Labute approximate surface area is 101 Å². The first-order valence-electron chi connectivity index (χ1n) is 4.58. The van der Waals surface area contributed by atoms with Gasteiger partial charge in [0.2, 0.25) is 0 Å². The molecule has 0 radical (unpaired) electrons. The van der Waals surface area contributed by atoms with Crippen LogP contribution in [0.1, 0.15) is 21.5 Å². The number of nitriles is 1. The van der Waals surface area contributed by atoms with E-state index in [9.17, 15) is 19.7 Å². The van der Waals surface area contributed by atoms with E-state index >= 15 is 0 Å². The molecule has 0 aliphatic rings. The highest BCUT2D eigenvalue weighted by molar-refractivity contribution is 5.88. The molecule has 0 amide bonds. The van der Waals surface area contributed by atoms with E-state index in [1.54, 1.807) is 6.07 Å². The summed E-state index contributed by atoms with van der Waals surface area (Å²) in [6, 6.07) is 3.77. The van der Waals surface area contributed by atoms with Crippen molar-refractivity contribution in [3.63, 3.8) is 0 Å². The van der Waals surface area contributed by atoms with Crippen molar-refractivity contribution >= 4 is 24.0 Å². The van der Waals surface area contributed by atoms with Gasteiger partial charge in [-0.15, -0.1) is 0 Å². The molecule has 1 aromatic rings. The Morgan fingerprint density at radius 1 is 1.44 bits per heavy atom. The predicted molar refractivity (Wildman–Crippen MR) is 59.9 cm³/mol. The fraction of sp³-hybridized carbons (Fsp3) is 0. The third kappa shape index (κ3) is 2.76. The first kappa shape index (κ1) is 13.1. The van der Waals surface area contributed by atoms with Crippen molar-refractivity contribution in [3.8, 4) is 6.07 Å². The predicted octanol–water partition coefficient (Wildman–Crippen LogP) is 1.38. The molecule has 7 nitrogen and oxygen atoms in total. The number of hydrogen-bond donors (Lipinski definition) is 1. The van der Waals surface area contributed by atoms with Gasteiger partial charge in [-0.05, 0) is 17.7 Å². The van der Waals surface area contributed by atoms with E-state index in [-0.39, 0.29) is 23.0 Å². The molecule has 90 valence electrons. The molecule has 0 fully saturated rings. The summed E-state index contributed by atoms with van der Waals surface area (Å²) in [5.74, 6) is -1.25. The lowest BCUT2D eigenvalue weighted by Gasteiger charge is -2.00. The standard InChI is InChI=1S/C11H6N2O5/c12-5-8-3-9(6-14)10(13(17)18)4-7(8)1-2-11(15)16/h1-4,6H,(H,15,16)/b2-1+. The third-order valence-corrected chi connectivity index (χ3v) is 2.05. The first-order chi connectivity index (χ1) is 8.49. The Morgan fingerprint density at radius 3 is 2.56 bits per heavy atom. The van der Waals surface area contributed by atoms with Crippen LogP contribution in [0.2, 0.25) is 0 Å². The minimum Gasteiger partial charge on any atom is -0.478 e. The maximum absolute atomic E-state index is 10.7. The summed E-state index contributed by atoms with van der Waals surface area (Å²) in [6.07, 6.45) is 2.08. The van der Waals surface area contributed by atoms with Gasteiger partial charge in [0.1, 0.15) is 0 Å². The number of nitro groups is 1. The largest absolute Gasteiger partial charge is 0.478 e. The van der Waals surface area contributed by atoms with Crippen LogP contribution < -0.4 is 0 Å². The molecule has 0 aliphatic heterocycles. The van der Waals surface area contributed by atoms with Crippen LogP contribution in [-0.4, -0.2) is 22.3 Å². The van der Waals surface area contributed by atoms with Gasteiger partial charge in [-0.1, -0.05) is 0 Å². The van der Waals surface area contributed by atoms with E-state index in [4.69, 9.17) is 10.4 Å². The third-order valence-electron chi connectivity index (χ3n) is 2.05. The van der Waals surface area contributed by atoms with Gasteiger partial charge in [0, 0.05) is 12.1 Å². The van der Waals surface area contributed by atoms with Gasteiger partial charge in [-0.3, -0.25) is 14.9 Å². The number of nitrogens with zero attached hydrogens (tertiary/aromatic N) is 2. The fourth-order valence-electron chi connectivity index (χ4n) is 1.27. The second kappa shape index (κ2) is 5.36. The highest BCUT2D eigenvalue weighted by atomic mass is 16.6. The van der Waals surface area contributed by atoms with E-state index in [0.717, 1.165) is 24.3 Å². The Bertz CT molecular complexity index is 598. The minimum absolute atomic E-state index is 0.0137. The summed E-state index contributed by atoms with van der Waals surface area (Å²) in [5, 5.41) is 28.0. The number of aliphatic carboxylic acids is 1. The summed E-state index contributed by atoms with van der Waals surface area (Å²) in [5.41, 5.74) is -0.657. The SMILES string of the molecule is N#Cc1cc(C=O)c([N+](=O)[O-])cc1/C=C/C(=O)O. The molecule has 0 heterocycles. The lowest BCUT2D eigenvalue weighted by Crippen LogP contribution is -1.97. The first-order valence-corrected chi connectivity index (χ1v) is 4.58. The number of carboxylic acids is 1. The van der Waals surface area contributed by atoms with Crippen LogP contribution in [0.5, 0.6) is 0 Å². The maximum Gasteiger partial charge on any atom is 0.328 e. The van der Waals surface area contributed by atoms with Crippen LogP contribution in [0.15, 0.2) is 18.2 Å². The zero-order chi connectivity index (χ0) is 13.7. The zero-order valence-corrected chi connectivity index (χ0v) is 8.86. The number of carboxylic acid groups (broad SMARTS) is 1. The van der Waals surface area contributed by atoms with Crippen molar-refractivity contribution in [3.05, 3.63) is 45.0 Å². The molecule has 0 aliphatic carbocycles. The van der Waals surface area contributed by atoms with Crippen LogP contribution in [0.4, 0.5) is 5.69 Å². The Morgan fingerprint density at radius 2 is 2.11 bits per heavy atom. The molecule has 7 heteroatoms. The molecule has 0 spiro atoms. The molecule has 0 saturated carbocycles. The summed E-state index contributed by atoms with van der Waals surface area (Å²) in [7, 11) is 0. The number of nitro benzene ring substituents is 1. The molecular formula is C11H6N2O5. The molecule has 0 saturated heterocycles. The number of carbonyl (C=O) groups excluding carboxylic acids is 1. The van der Waals surface area contributed by atoms with Crippen molar-refractivity contribution in [2.45, 2.75) is 0 Å². The van der Waals surface area contributed by atoms with Crippen molar-refractivity contribution in [2.24, 2.45) is 0 Å². The van der Waals surface area contributed by atoms with Crippen molar-refractivity contribution in [2.75, 3.05) is 0 Å². The summed E-state index contributed by atoms with van der Waals surface area (Å²) >= 11 is 0. The summed E-state index contributed by atoms with van der Waals surface area (Å²) in [6.45, 7) is 0. The molecule has 1 aromatic carbocycles. The van der Waals surface area contributed by atoms with E-state index < -0.39 is 16.6 Å². The summed E-state index contributed by atoms with van der Waals surface area (Å²) < 4.78 is 0. The van der Waals surface area contributed by atoms with Crippen molar-refractivity contribution in [1.29, 1.82) is 5.26 Å². The van der Waals surface area contributed by atoms with Crippen LogP contribution >= 0.6 is 0 Å². The Hall–Kier alpha value is -3.01. The Balaban J connectivity index is 3.47. The molecule has 0 aromatic heterocycles. The molecular weight excluding hydrogens is 240 g/mol. The zero-order valence-electron chi connectivity index (χ0n) is 8.86. The van der Waals surface area contributed by atoms with Crippen LogP contribution in [-0.2, 0) is 4.79 Å². The van der Waals surface area contributed by atoms with E-state index in [1.165, 1.54) is 0 Å². The van der Waals surface area contributed by atoms with Crippen LogP contribution in [0, 0.1) is 21.4 Å². The van der Waals surface area contributed by atoms with Crippen molar-refractivity contribution < 1.29 is 19.6 Å². The van der Waals surface area contributed by atoms with Gasteiger partial charge in [0.05, 0.1) is 22.1 Å². The normalized spacial score (nSPS) is 9.94. The van der Waals surface area contributed by atoms with Gasteiger partial charge in [0.25, 0.3) is 5.69 Å². The average molecular weight is 246 g/mol. The molecule has 1 rings (SSSR count). The Kier molecular flexibility index (Phi) is 3.89. The smallest absolute Gasteiger partial charge is 0.328 e. The number of rotatable bonds is 4. The number of hydrogen-bond acceptors (Lipinski definition) is 5. The van der Waals surface area contributed by atoms with Gasteiger partial charge in [-0.2, -0.15) is 5.26 Å². The second-order valence-electron chi connectivity index (χ2n) is 3.16. The van der Waals surface area contributed by atoms with Crippen LogP contribution in [0.3, 0.4) is 0 Å². The molecule has 0 unspecified atom stereocenters. The molecule has 0 bridgehead atoms. The molecule has 18 heavy (non-hydrogen) atoms. The van der Waals surface area contributed by atoms with Crippen molar-refractivity contribution in [1.82, 2.24) is 0 Å². The monoisotopic (exact) mass is 246 g/mol. The molecule has 0 atom stereocenters. The fourth-order valence-corrected chi connectivity index (χ4v) is 1.27. The number of carbonyl (C=O) groups is 2. The van der Waals surface area contributed by atoms with E-state index in [1.807, 2.05) is 0 Å². The topological polar surface area (TPSA) is 121 Å². The van der Waals surface area contributed by atoms with Gasteiger partial charge in [0.15, 0.2) is 6.29 Å². The second-order valence-corrected chi connectivity index (χ2v) is 3.16. The highest BCUT2D eigenvalue weighted by Gasteiger charge is 2.16. The number of aldehydes is 1. The quantitative estimate of drug-likeness (QED) is 0.370. The van der Waals surface area contributed by atoms with Crippen LogP contribution in [0.25, 0.3) is 6.08 Å². The summed E-state index contributed by atoms with van der Waals surface area (Å²) in [4.78, 5) is 30.9. The van der Waals surface area contributed by atoms with Gasteiger partial charge < -0.3 is 5.11 Å².